The number of amides is 1. The number of hydrogen-bond donors (Lipinski definition) is 2. The average Bonchev–Trinajstić information content (AvgIpc) is 3.37. The number of hydrogen-bond acceptors (Lipinski definition) is 6. The Kier molecular flexibility index (Phi) is 4.59. The van der Waals surface area contributed by atoms with Gasteiger partial charge in [0.05, 0.1) is 24.6 Å². The maximum Gasteiger partial charge on any atom is 0.256 e. The van der Waals surface area contributed by atoms with E-state index in [0.29, 0.717) is 34.1 Å². The van der Waals surface area contributed by atoms with Gasteiger partial charge in [-0.15, -0.1) is 11.3 Å². The van der Waals surface area contributed by atoms with Crippen LogP contribution >= 0.6 is 11.3 Å². The molecule has 0 saturated carbocycles. The van der Waals surface area contributed by atoms with Gasteiger partial charge in [-0.1, -0.05) is 18.2 Å². The summed E-state index contributed by atoms with van der Waals surface area (Å²) in [5, 5.41) is 21.8. The molecule has 0 aliphatic carbocycles. The maximum absolute atomic E-state index is 13.3. The van der Waals surface area contributed by atoms with Crippen molar-refractivity contribution in [2.45, 2.75) is 13.0 Å². The van der Waals surface area contributed by atoms with Gasteiger partial charge < -0.3 is 15.4 Å². The highest BCUT2D eigenvalue weighted by Gasteiger charge is 2.35. The number of nitrogens with zero attached hydrogens (tertiary/aromatic N) is 3. The monoisotopic (exact) mass is 391 g/mol. The lowest BCUT2D eigenvalue weighted by Crippen LogP contribution is -2.31. The quantitative estimate of drug-likeness (QED) is 0.707. The van der Waals surface area contributed by atoms with E-state index in [9.17, 15) is 10.1 Å². The van der Waals surface area contributed by atoms with Gasteiger partial charge in [-0.3, -0.25) is 4.79 Å². The first-order chi connectivity index (χ1) is 13.6. The highest BCUT2D eigenvalue weighted by molar-refractivity contribution is 7.10. The van der Waals surface area contributed by atoms with Crippen LogP contribution in [-0.2, 0) is 4.79 Å². The molecule has 0 spiro atoms. The van der Waals surface area contributed by atoms with Crippen LogP contribution < -0.4 is 15.4 Å². The highest BCUT2D eigenvalue weighted by Crippen LogP contribution is 2.39. The minimum absolute atomic E-state index is 0.257. The summed E-state index contributed by atoms with van der Waals surface area (Å²) in [5.41, 5.74) is 2.23. The zero-order valence-corrected chi connectivity index (χ0v) is 16.1. The first-order valence-corrected chi connectivity index (χ1v) is 9.45. The summed E-state index contributed by atoms with van der Waals surface area (Å²) in [5.74, 6) is 0.914. The lowest BCUT2D eigenvalue weighted by molar-refractivity contribution is -0.113. The number of carbonyl (C=O) groups excluding carboxylic acids is 1. The molecule has 0 saturated heterocycles. The number of fused-ring (bicyclic) bond motifs is 1. The Labute approximate surface area is 165 Å². The van der Waals surface area contributed by atoms with Crippen molar-refractivity contribution in [3.63, 3.8) is 0 Å². The molecule has 1 aromatic carbocycles. The zero-order chi connectivity index (χ0) is 19.7. The van der Waals surface area contributed by atoms with E-state index in [0.717, 1.165) is 4.88 Å². The Morgan fingerprint density at radius 1 is 1.36 bits per heavy atom. The number of para-hydroxylation sites is 2. The van der Waals surface area contributed by atoms with Crippen molar-refractivity contribution in [2.24, 2.45) is 0 Å². The standard InChI is InChI=1S/C20H17N5O2S/c1-12-17(20(26)24-14-6-3-4-7-15(14)27-2)18(16-8-5-9-28-16)25-19(23-12)13(10-21)11-22-25/h3-9,11,18,23H,1-2H3,(H,24,26)/t18-/m0/s1. The largest absolute Gasteiger partial charge is 0.495 e. The van der Waals surface area contributed by atoms with Crippen LogP contribution in [0.3, 0.4) is 0 Å². The van der Waals surface area contributed by atoms with Crippen LogP contribution in [-0.4, -0.2) is 22.8 Å². The molecule has 2 N–H and O–H groups in total. The number of rotatable bonds is 4. The number of carbonyl (C=O) groups is 1. The smallest absolute Gasteiger partial charge is 0.256 e. The van der Waals surface area contributed by atoms with Crippen LogP contribution in [0.1, 0.15) is 23.4 Å². The number of ether oxygens (including phenoxy) is 1. The van der Waals surface area contributed by atoms with Crippen molar-refractivity contribution in [3.05, 3.63) is 69.7 Å². The van der Waals surface area contributed by atoms with Gasteiger partial charge >= 0.3 is 0 Å². The molecule has 3 heterocycles. The van der Waals surface area contributed by atoms with Crippen molar-refractivity contribution in [3.8, 4) is 11.8 Å². The number of benzene rings is 1. The lowest BCUT2D eigenvalue weighted by Gasteiger charge is -2.29. The topological polar surface area (TPSA) is 92.0 Å². The normalized spacial score (nSPS) is 15.4. The van der Waals surface area contributed by atoms with Crippen LogP contribution in [0.5, 0.6) is 5.75 Å². The number of thiophene rings is 1. The second kappa shape index (κ2) is 7.21. The third kappa shape index (κ3) is 2.92. The van der Waals surface area contributed by atoms with Crippen LogP contribution in [0.4, 0.5) is 11.5 Å². The molecule has 1 aliphatic heterocycles. The molecule has 1 aliphatic rings. The van der Waals surface area contributed by atoms with E-state index >= 15 is 0 Å². The average molecular weight is 391 g/mol. The Hall–Kier alpha value is -3.57. The number of nitriles is 1. The van der Waals surface area contributed by atoms with Gasteiger partial charge in [-0.2, -0.15) is 10.4 Å². The van der Waals surface area contributed by atoms with Crippen molar-refractivity contribution < 1.29 is 9.53 Å². The fourth-order valence-electron chi connectivity index (χ4n) is 3.28. The Morgan fingerprint density at radius 2 is 2.18 bits per heavy atom. The van der Waals surface area contributed by atoms with Gasteiger partial charge in [-0.25, -0.2) is 4.68 Å². The van der Waals surface area contributed by atoms with E-state index in [2.05, 4.69) is 21.8 Å². The van der Waals surface area contributed by atoms with Crippen LogP contribution in [0.25, 0.3) is 0 Å². The lowest BCUT2D eigenvalue weighted by atomic mass is 10.00. The number of anilines is 2. The number of allylic oxidation sites excluding steroid dienone is 1. The molecule has 28 heavy (non-hydrogen) atoms. The first-order valence-electron chi connectivity index (χ1n) is 8.57. The summed E-state index contributed by atoms with van der Waals surface area (Å²) in [6, 6.07) is 12.9. The molecule has 0 radical (unpaired) electrons. The van der Waals surface area contributed by atoms with Gasteiger partial charge in [0, 0.05) is 10.6 Å². The minimum atomic E-state index is -0.423. The van der Waals surface area contributed by atoms with Gasteiger partial charge in [-0.05, 0) is 30.5 Å². The molecule has 2 aromatic heterocycles. The molecule has 0 bridgehead atoms. The zero-order valence-electron chi connectivity index (χ0n) is 15.3. The Balaban J connectivity index is 1.78. The van der Waals surface area contributed by atoms with E-state index in [1.807, 2.05) is 36.6 Å². The molecular formula is C20H17N5O2S. The molecular weight excluding hydrogens is 374 g/mol. The molecule has 4 rings (SSSR count). The van der Waals surface area contributed by atoms with Crippen molar-refractivity contribution in [2.75, 3.05) is 17.7 Å². The van der Waals surface area contributed by atoms with Crippen molar-refractivity contribution >= 4 is 28.7 Å². The van der Waals surface area contributed by atoms with E-state index in [4.69, 9.17) is 4.74 Å². The SMILES string of the molecule is COc1ccccc1NC(=O)C1=C(C)Nc2c(C#N)cnn2[C@H]1c1cccs1. The van der Waals surface area contributed by atoms with Crippen molar-refractivity contribution in [1.29, 1.82) is 5.26 Å². The van der Waals surface area contributed by atoms with Crippen molar-refractivity contribution in [1.82, 2.24) is 9.78 Å². The first kappa shape index (κ1) is 17.8. The Morgan fingerprint density at radius 3 is 2.89 bits per heavy atom. The molecule has 0 unspecified atom stereocenters. The number of methoxy groups -OCH3 is 1. The minimum Gasteiger partial charge on any atom is -0.495 e. The fraction of sp³-hybridized carbons (Fsp3) is 0.150. The molecule has 140 valence electrons. The summed E-state index contributed by atoms with van der Waals surface area (Å²) in [6.45, 7) is 1.83. The summed E-state index contributed by atoms with van der Waals surface area (Å²) in [4.78, 5) is 14.2. The Bertz CT molecular complexity index is 1110. The fourth-order valence-corrected chi connectivity index (χ4v) is 4.10. The van der Waals surface area contributed by atoms with Crippen LogP contribution in [0, 0.1) is 11.3 Å². The van der Waals surface area contributed by atoms with Gasteiger partial charge in [0.25, 0.3) is 5.91 Å². The predicted molar refractivity (Wildman–Crippen MR) is 107 cm³/mol. The van der Waals surface area contributed by atoms with Gasteiger partial charge in [0.2, 0.25) is 0 Å². The molecule has 1 atom stereocenters. The molecule has 8 heteroatoms. The second-order valence-electron chi connectivity index (χ2n) is 6.20. The molecule has 3 aromatic rings. The van der Waals surface area contributed by atoms with Crippen LogP contribution in [0.2, 0.25) is 0 Å². The third-order valence-corrected chi connectivity index (χ3v) is 5.48. The second-order valence-corrected chi connectivity index (χ2v) is 7.18. The van der Waals surface area contributed by atoms with Crippen LogP contribution in [0.15, 0.2) is 59.2 Å². The third-order valence-electron chi connectivity index (χ3n) is 4.56. The summed E-state index contributed by atoms with van der Waals surface area (Å²) in [7, 11) is 1.56. The summed E-state index contributed by atoms with van der Waals surface area (Å²) < 4.78 is 7.02. The summed E-state index contributed by atoms with van der Waals surface area (Å²) >= 11 is 1.54. The molecule has 7 nitrogen and oxygen atoms in total. The van der Waals surface area contributed by atoms with E-state index in [1.165, 1.54) is 17.5 Å². The summed E-state index contributed by atoms with van der Waals surface area (Å²) in [6.07, 6.45) is 1.51. The number of aromatic nitrogens is 2. The maximum atomic E-state index is 13.3. The van der Waals surface area contributed by atoms with E-state index < -0.39 is 6.04 Å². The van der Waals surface area contributed by atoms with Gasteiger partial charge in [0.1, 0.15) is 29.2 Å². The predicted octanol–water partition coefficient (Wildman–Crippen LogP) is 3.75. The van der Waals surface area contributed by atoms with E-state index in [1.54, 1.807) is 23.9 Å². The molecule has 0 fully saturated rings. The van der Waals surface area contributed by atoms with E-state index in [-0.39, 0.29) is 5.91 Å². The molecule has 1 amide bonds. The number of nitrogens with one attached hydrogen (secondary N) is 2. The highest BCUT2D eigenvalue weighted by atomic mass is 32.1. The van der Waals surface area contributed by atoms with Gasteiger partial charge in [0.15, 0.2) is 0 Å².